The Hall–Kier alpha value is -2.58. The first-order chi connectivity index (χ1) is 15.3. The van der Waals surface area contributed by atoms with Gasteiger partial charge in [0.2, 0.25) is 0 Å². The number of phenols is 2. The number of phenolic OH excluding ortho intramolecular Hbond substituents is 2. The van der Waals surface area contributed by atoms with Gasteiger partial charge in [-0.05, 0) is 0 Å². The molecule has 0 aliphatic heterocycles. The summed E-state index contributed by atoms with van der Waals surface area (Å²) in [4.78, 5) is 0. The fourth-order valence-corrected chi connectivity index (χ4v) is 2.51. The predicted molar refractivity (Wildman–Crippen MR) is 69.6 cm³/mol. The molecule has 0 unspecified atom stereocenters. The molecule has 22 heteroatoms. The second-order valence-corrected chi connectivity index (χ2v) is 6.49. The van der Waals surface area contributed by atoms with E-state index in [2.05, 4.69) is 0 Å². The normalized spacial score (nSPS) is 15.4. The summed E-state index contributed by atoms with van der Waals surface area (Å²) in [7, 11) is 0. The van der Waals surface area contributed by atoms with Gasteiger partial charge in [-0.2, -0.15) is 87.8 Å². The molecule has 1 rings (SSSR count). The average molecular weight is 582 g/mol. The summed E-state index contributed by atoms with van der Waals surface area (Å²) in [6.07, 6.45) is -30.5. The van der Waals surface area contributed by atoms with Crippen LogP contribution in [0, 0.1) is 0 Å². The van der Waals surface area contributed by atoms with Gasteiger partial charge in [0.05, 0.1) is 22.3 Å². The molecule has 0 atom stereocenters. The molecule has 2 N–H and O–H groups in total. The van der Waals surface area contributed by atoms with Gasteiger partial charge >= 0.3 is 48.4 Å². The van der Waals surface area contributed by atoms with Crippen molar-refractivity contribution in [2.24, 2.45) is 0 Å². The standard InChI is InChI=1S/C14H2F20O2/c15-7(16,11(23,24)25)1-2(8(17,18)12(26,27)28)6(36)4(10(21,22)14(32,33)34)3(5(1)35)9(19,20)13(29,30)31/h35-36H. The minimum Gasteiger partial charge on any atom is -0.507 e. The first kappa shape index (κ1) is 31.4. The monoisotopic (exact) mass is 582 g/mol. The van der Waals surface area contributed by atoms with Crippen LogP contribution >= 0.6 is 0 Å². The van der Waals surface area contributed by atoms with Crippen molar-refractivity contribution in [1.29, 1.82) is 0 Å². The summed E-state index contributed by atoms with van der Waals surface area (Å²) in [6.45, 7) is 0. The van der Waals surface area contributed by atoms with E-state index in [1.807, 2.05) is 0 Å². The Morgan fingerprint density at radius 2 is 0.389 bits per heavy atom. The highest BCUT2D eigenvalue weighted by Crippen LogP contribution is 2.64. The maximum Gasteiger partial charge on any atom is 0.458 e. The molecule has 36 heavy (non-hydrogen) atoms. The van der Waals surface area contributed by atoms with Gasteiger partial charge in [-0.25, -0.2) is 0 Å². The topological polar surface area (TPSA) is 40.5 Å². The van der Waals surface area contributed by atoms with Crippen LogP contribution in [0.3, 0.4) is 0 Å². The van der Waals surface area contributed by atoms with Crippen LogP contribution in [0.5, 0.6) is 11.5 Å². The Morgan fingerprint density at radius 3 is 0.472 bits per heavy atom. The van der Waals surface area contributed by atoms with Gasteiger partial charge in [-0.1, -0.05) is 0 Å². The second-order valence-electron chi connectivity index (χ2n) is 6.49. The van der Waals surface area contributed by atoms with Crippen LogP contribution in [-0.4, -0.2) is 34.9 Å². The van der Waals surface area contributed by atoms with Crippen LogP contribution in [0.15, 0.2) is 0 Å². The lowest BCUT2D eigenvalue weighted by Gasteiger charge is -2.34. The van der Waals surface area contributed by atoms with Crippen molar-refractivity contribution in [1.82, 2.24) is 0 Å². The molecule has 0 radical (unpaired) electrons. The van der Waals surface area contributed by atoms with Crippen molar-refractivity contribution < 1.29 is 98.0 Å². The molecule has 0 saturated carbocycles. The van der Waals surface area contributed by atoms with Crippen molar-refractivity contribution in [3.63, 3.8) is 0 Å². The molecule has 210 valence electrons. The minimum absolute atomic E-state index is 4.53. The molecular weight excluding hydrogens is 580 g/mol. The molecule has 0 fully saturated rings. The lowest BCUT2D eigenvalue weighted by atomic mass is 9.83. The highest BCUT2D eigenvalue weighted by molar-refractivity contribution is 5.65. The molecule has 0 aliphatic rings. The summed E-state index contributed by atoms with van der Waals surface area (Å²) >= 11 is 0. The van der Waals surface area contributed by atoms with Gasteiger partial charge in [0, 0.05) is 0 Å². The van der Waals surface area contributed by atoms with E-state index in [4.69, 9.17) is 0 Å². The fraction of sp³-hybridized carbons (Fsp3) is 0.571. The summed E-state index contributed by atoms with van der Waals surface area (Å²) in [5, 5.41) is 18.5. The van der Waals surface area contributed by atoms with E-state index in [9.17, 15) is 98.0 Å². The first-order valence-electron chi connectivity index (χ1n) is 7.73. The lowest BCUT2D eigenvalue weighted by molar-refractivity contribution is -0.307. The number of halogens is 20. The fourth-order valence-electron chi connectivity index (χ4n) is 2.51. The van der Waals surface area contributed by atoms with Crippen LogP contribution in [-0.2, 0) is 23.7 Å². The van der Waals surface area contributed by atoms with Crippen molar-refractivity contribution in [3.05, 3.63) is 22.3 Å². The highest BCUT2D eigenvalue weighted by atomic mass is 19.4. The lowest BCUT2D eigenvalue weighted by Crippen LogP contribution is -2.44. The van der Waals surface area contributed by atoms with E-state index >= 15 is 0 Å². The van der Waals surface area contributed by atoms with Crippen LogP contribution in [0.25, 0.3) is 0 Å². The molecule has 0 spiro atoms. The Bertz CT molecular complexity index is 848. The van der Waals surface area contributed by atoms with Gasteiger partial charge in [0.25, 0.3) is 0 Å². The molecule has 0 bridgehead atoms. The van der Waals surface area contributed by atoms with E-state index < -0.39 is 82.1 Å². The zero-order valence-corrected chi connectivity index (χ0v) is 15.5. The largest absolute Gasteiger partial charge is 0.507 e. The van der Waals surface area contributed by atoms with Gasteiger partial charge < -0.3 is 10.2 Å². The quantitative estimate of drug-likeness (QED) is 0.282. The summed E-state index contributed by atoms with van der Waals surface area (Å²) in [5.41, 5.74) is -18.9. The zero-order chi connectivity index (χ0) is 29.5. The molecule has 0 saturated heterocycles. The van der Waals surface area contributed by atoms with Crippen molar-refractivity contribution in [2.45, 2.75) is 48.4 Å². The van der Waals surface area contributed by atoms with Gasteiger partial charge in [0.1, 0.15) is 11.5 Å². The van der Waals surface area contributed by atoms with E-state index in [0.717, 1.165) is 0 Å². The first-order valence-corrected chi connectivity index (χ1v) is 7.73. The third-order valence-electron chi connectivity index (χ3n) is 4.13. The summed E-state index contributed by atoms with van der Waals surface area (Å²) in [5.74, 6) is -39.5. The Kier molecular flexibility index (Phi) is 6.95. The maximum atomic E-state index is 13.8. The predicted octanol–water partition coefficient (Wildman–Crippen LogP) is 7.71. The van der Waals surface area contributed by atoms with Crippen molar-refractivity contribution in [2.75, 3.05) is 0 Å². The van der Waals surface area contributed by atoms with Gasteiger partial charge in [0.15, 0.2) is 0 Å². The number of hydrogen-bond donors (Lipinski definition) is 2. The van der Waals surface area contributed by atoms with E-state index in [1.165, 1.54) is 0 Å². The zero-order valence-electron chi connectivity index (χ0n) is 15.5. The Balaban J connectivity index is 4.84. The smallest absolute Gasteiger partial charge is 0.458 e. The molecule has 0 heterocycles. The number of alkyl halides is 20. The van der Waals surface area contributed by atoms with Crippen LogP contribution in [0.2, 0.25) is 0 Å². The molecule has 0 amide bonds. The SMILES string of the molecule is Oc1c(C(F)(F)C(F)(F)F)c(C(F)(F)C(F)(F)F)c(O)c(C(F)(F)C(F)(F)F)c1C(F)(F)C(F)(F)F. The van der Waals surface area contributed by atoms with Gasteiger partial charge in [-0.3, -0.25) is 0 Å². The molecular formula is C14H2F20O2. The summed E-state index contributed by atoms with van der Waals surface area (Å²) in [6, 6.07) is 0. The van der Waals surface area contributed by atoms with Crippen molar-refractivity contribution >= 4 is 0 Å². The molecule has 2 nitrogen and oxygen atoms in total. The molecule has 1 aromatic carbocycles. The van der Waals surface area contributed by atoms with Crippen LogP contribution < -0.4 is 0 Å². The third kappa shape index (κ3) is 4.39. The molecule has 0 aromatic heterocycles. The minimum atomic E-state index is -7.62. The number of aromatic hydroxyl groups is 2. The number of hydrogen-bond acceptors (Lipinski definition) is 2. The Labute approximate surface area is 181 Å². The van der Waals surface area contributed by atoms with E-state index in [0.29, 0.717) is 0 Å². The summed E-state index contributed by atoms with van der Waals surface area (Å²) < 4.78 is 262. The highest BCUT2D eigenvalue weighted by Gasteiger charge is 2.73. The molecule has 1 aromatic rings. The van der Waals surface area contributed by atoms with Crippen LogP contribution in [0.4, 0.5) is 87.8 Å². The Morgan fingerprint density at radius 1 is 0.278 bits per heavy atom. The van der Waals surface area contributed by atoms with Crippen molar-refractivity contribution in [3.8, 4) is 11.5 Å². The third-order valence-corrected chi connectivity index (χ3v) is 4.13. The molecule has 0 aliphatic carbocycles. The number of benzene rings is 1. The average Bonchev–Trinajstić information content (AvgIpc) is 2.57. The van der Waals surface area contributed by atoms with Gasteiger partial charge in [-0.15, -0.1) is 0 Å². The maximum absolute atomic E-state index is 13.8. The van der Waals surface area contributed by atoms with Crippen LogP contribution in [0.1, 0.15) is 22.3 Å². The second kappa shape index (κ2) is 7.96. The van der Waals surface area contributed by atoms with E-state index in [1.54, 1.807) is 0 Å². The van der Waals surface area contributed by atoms with E-state index in [-0.39, 0.29) is 0 Å². The number of rotatable bonds is 4.